The summed E-state index contributed by atoms with van der Waals surface area (Å²) in [7, 11) is 0. The number of ether oxygens (including phenoxy) is 1. The van der Waals surface area contributed by atoms with Gasteiger partial charge in [0.05, 0.1) is 17.6 Å². The van der Waals surface area contributed by atoms with Crippen LogP contribution in [0.3, 0.4) is 0 Å². The van der Waals surface area contributed by atoms with Crippen LogP contribution in [-0.2, 0) is 6.61 Å². The number of rotatable bonds is 6. The Bertz CT molecular complexity index is 741. The van der Waals surface area contributed by atoms with Gasteiger partial charge in [-0.3, -0.25) is 10.4 Å². The van der Waals surface area contributed by atoms with Crippen LogP contribution in [0.15, 0.2) is 84.1 Å². The van der Waals surface area contributed by atoms with E-state index in [1.165, 1.54) is 0 Å². The van der Waals surface area contributed by atoms with Gasteiger partial charge >= 0.3 is 0 Å². The molecule has 0 unspecified atom stereocenters. The molecular weight excluding hydrogens is 286 g/mol. The number of nitrogens with zero attached hydrogens (tertiary/aromatic N) is 2. The van der Waals surface area contributed by atoms with Crippen molar-refractivity contribution in [3.05, 3.63) is 90.3 Å². The van der Waals surface area contributed by atoms with Gasteiger partial charge in [-0.05, 0) is 54.1 Å². The standard InChI is InChI=1S/C19H17N3O/c1-2-6-17(7-3-1)22-21-14-16-9-11-19(12-10-16)23-15-18-8-4-5-13-20-18/h1-14,22H,15H2. The Morgan fingerprint density at radius 3 is 2.43 bits per heavy atom. The molecule has 0 aliphatic heterocycles. The molecule has 2 aromatic carbocycles. The highest BCUT2D eigenvalue weighted by Crippen LogP contribution is 2.13. The van der Waals surface area contributed by atoms with Gasteiger partial charge < -0.3 is 4.74 Å². The summed E-state index contributed by atoms with van der Waals surface area (Å²) in [5.41, 5.74) is 5.85. The minimum Gasteiger partial charge on any atom is -0.487 e. The number of anilines is 1. The predicted molar refractivity (Wildman–Crippen MR) is 92.7 cm³/mol. The second-order valence-corrected chi connectivity index (χ2v) is 4.91. The van der Waals surface area contributed by atoms with E-state index in [4.69, 9.17) is 4.74 Å². The summed E-state index contributed by atoms with van der Waals surface area (Å²) in [6.07, 6.45) is 3.54. The summed E-state index contributed by atoms with van der Waals surface area (Å²) in [4.78, 5) is 4.23. The van der Waals surface area contributed by atoms with Crippen molar-refractivity contribution in [3.8, 4) is 5.75 Å². The number of pyridine rings is 1. The Morgan fingerprint density at radius 2 is 1.70 bits per heavy atom. The van der Waals surface area contributed by atoms with E-state index in [0.29, 0.717) is 6.61 Å². The number of hydrogen-bond donors (Lipinski definition) is 1. The molecule has 3 aromatic rings. The molecule has 0 aliphatic rings. The second-order valence-electron chi connectivity index (χ2n) is 4.91. The SMILES string of the molecule is C(=NNc1ccccc1)c1ccc(OCc2ccccn2)cc1. The summed E-state index contributed by atoms with van der Waals surface area (Å²) < 4.78 is 5.70. The Balaban J connectivity index is 1.52. The molecule has 0 saturated carbocycles. The van der Waals surface area contributed by atoms with Gasteiger partial charge in [0.15, 0.2) is 0 Å². The fraction of sp³-hybridized carbons (Fsp3) is 0.0526. The molecule has 3 rings (SSSR count). The van der Waals surface area contributed by atoms with Crippen LogP contribution in [0.4, 0.5) is 5.69 Å². The van der Waals surface area contributed by atoms with Gasteiger partial charge in [0, 0.05) is 6.20 Å². The van der Waals surface area contributed by atoms with Crippen LogP contribution in [0.25, 0.3) is 0 Å². The molecule has 1 heterocycles. The van der Waals surface area contributed by atoms with Gasteiger partial charge in [-0.1, -0.05) is 24.3 Å². The maximum Gasteiger partial charge on any atom is 0.130 e. The molecular formula is C19H17N3O. The molecule has 4 heteroatoms. The smallest absolute Gasteiger partial charge is 0.130 e. The molecule has 0 atom stereocenters. The number of hydrazone groups is 1. The average Bonchev–Trinajstić information content (AvgIpc) is 2.63. The first-order valence-corrected chi connectivity index (χ1v) is 7.37. The first kappa shape index (κ1) is 14.8. The molecule has 0 radical (unpaired) electrons. The lowest BCUT2D eigenvalue weighted by molar-refractivity contribution is 0.301. The summed E-state index contributed by atoms with van der Waals surface area (Å²) in [5.74, 6) is 0.809. The molecule has 0 aliphatic carbocycles. The van der Waals surface area contributed by atoms with Crippen LogP contribution < -0.4 is 10.2 Å². The zero-order chi connectivity index (χ0) is 15.7. The van der Waals surface area contributed by atoms with E-state index in [1.807, 2.05) is 72.8 Å². The third kappa shape index (κ3) is 4.68. The minimum absolute atomic E-state index is 0.462. The van der Waals surface area contributed by atoms with E-state index in [9.17, 15) is 0 Å². The van der Waals surface area contributed by atoms with Crippen LogP contribution in [-0.4, -0.2) is 11.2 Å². The van der Waals surface area contributed by atoms with Crippen molar-refractivity contribution in [2.45, 2.75) is 6.61 Å². The van der Waals surface area contributed by atoms with E-state index < -0.39 is 0 Å². The van der Waals surface area contributed by atoms with Crippen molar-refractivity contribution in [3.63, 3.8) is 0 Å². The molecule has 1 aromatic heterocycles. The van der Waals surface area contributed by atoms with Crippen LogP contribution in [0.5, 0.6) is 5.75 Å². The number of nitrogens with one attached hydrogen (secondary N) is 1. The zero-order valence-corrected chi connectivity index (χ0v) is 12.6. The van der Waals surface area contributed by atoms with Crippen LogP contribution >= 0.6 is 0 Å². The second kappa shape index (κ2) is 7.75. The van der Waals surface area contributed by atoms with Crippen LogP contribution in [0.2, 0.25) is 0 Å². The fourth-order valence-electron chi connectivity index (χ4n) is 1.98. The van der Waals surface area contributed by atoms with E-state index in [-0.39, 0.29) is 0 Å². The van der Waals surface area contributed by atoms with Crippen molar-refractivity contribution in [1.29, 1.82) is 0 Å². The normalized spacial score (nSPS) is 10.6. The van der Waals surface area contributed by atoms with Gasteiger partial charge in [0.2, 0.25) is 0 Å². The van der Waals surface area contributed by atoms with Crippen molar-refractivity contribution in [2.24, 2.45) is 5.10 Å². The average molecular weight is 303 g/mol. The highest BCUT2D eigenvalue weighted by atomic mass is 16.5. The Labute approximate surface area is 135 Å². The molecule has 0 spiro atoms. The van der Waals surface area contributed by atoms with E-state index in [2.05, 4.69) is 15.5 Å². The van der Waals surface area contributed by atoms with Crippen molar-refractivity contribution < 1.29 is 4.74 Å². The van der Waals surface area contributed by atoms with E-state index in [1.54, 1.807) is 12.4 Å². The van der Waals surface area contributed by atoms with E-state index in [0.717, 1.165) is 22.7 Å². The topological polar surface area (TPSA) is 46.5 Å². The van der Waals surface area contributed by atoms with Crippen molar-refractivity contribution in [1.82, 2.24) is 4.98 Å². The maximum atomic E-state index is 5.70. The first-order valence-electron chi connectivity index (χ1n) is 7.37. The summed E-state index contributed by atoms with van der Waals surface area (Å²) in [6.45, 7) is 0.462. The molecule has 0 saturated heterocycles. The largest absolute Gasteiger partial charge is 0.487 e. The lowest BCUT2D eigenvalue weighted by Gasteiger charge is -2.05. The monoisotopic (exact) mass is 303 g/mol. The predicted octanol–water partition coefficient (Wildman–Crippen LogP) is 4.11. The third-order valence-corrected chi connectivity index (χ3v) is 3.17. The van der Waals surface area contributed by atoms with Crippen molar-refractivity contribution >= 4 is 11.9 Å². The summed E-state index contributed by atoms with van der Waals surface area (Å²) in [6, 6.07) is 23.4. The van der Waals surface area contributed by atoms with Gasteiger partial charge in [0.1, 0.15) is 12.4 Å². The molecule has 23 heavy (non-hydrogen) atoms. The van der Waals surface area contributed by atoms with Crippen molar-refractivity contribution in [2.75, 3.05) is 5.43 Å². The van der Waals surface area contributed by atoms with E-state index >= 15 is 0 Å². The number of para-hydroxylation sites is 1. The van der Waals surface area contributed by atoms with Crippen LogP contribution in [0, 0.1) is 0 Å². The Hall–Kier alpha value is -3.14. The quantitative estimate of drug-likeness (QED) is 0.550. The molecule has 1 N–H and O–H groups in total. The molecule has 4 nitrogen and oxygen atoms in total. The van der Waals surface area contributed by atoms with Gasteiger partial charge in [-0.2, -0.15) is 5.10 Å². The maximum absolute atomic E-state index is 5.70. The van der Waals surface area contributed by atoms with Crippen LogP contribution in [0.1, 0.15) is 11.3 Å². The molecule has 0 fully saturated rings. The fourth-order valence-corrected chi connectivity index (χ4v) is 1.98. The summed E-state index contributed by atoms with van der Waals surface area (Å²) in [5, 5.41) is 4.21. The van der Waals surface area contributed by atoms with Gasteiger partial charge in [-0.15, -0.1) is 0 Å². The lowest BCUT2D eigenvalue weighted by Crippen LogP contribution is -1.97. The van der Waals surface area contributed by atoms with Gasteiger partial charge in [-0.25, -0.2) is 0 Å². The molecule has 114 valence electrons. The lowest BCUT2D eigenvalue weighted by atomic mass is 10.2. The summed E-state index contributed by atoms with van der Waals surface area (Å²) >= 11 is 0. The highest BCUT2D eigenvalue weighted by molar-refractivity contribution is 5.80. The number of aromatic nitrogens is 1. The Kier molecular flexibility index (Phi) is 4.98. The third-order valence-electron chi connectivity index (χ3n) is 3.17. The number of benzene rings is 2. The minimum atomic E-state index is 0.462. The highest BCUT2D eigenvalue weighted by Gasteiger charge is 1.96. The van der Waals surface area contributed by atoms with Gasteiger partial charge in [0.25, 0.3) is 0 Å². The Morgan fingerprint density at radius 1 is 0.913 bits per heavy atom. The zero-order valence-electron chi connectivity index (χ0n) is 12.6. The first-order chi connectivity index (χ1) is 11.4. The molecule has 0 bridgehead atoms. The number of hydrogen-bond acceptors (Lipinski definition) is 4. The molecule has 0 amide bonds.